The number of benzene rings is 2. The van der Waals surface area contributed by atoms with Crippen LogP contribution in [0.3, 0.4) is 0 Å². The minimum Gasteiger partial charge on any atom is -0.360 e. The summed E-state index contributed by atoms with van der Waals surface area (Å²) in [5.74, 6) is -0.267. The normalized spacial score (nSPS) is 22.6. The molecule has 0 saturated carbocycles. The second kappa shape index (κ2) is 6.95. The summed E-state index contributed by atoms with van der Waals surface area (Å²) in [6.07, 6.45) is 2.43. The molecule has 0 radical (unpaired) electrons. The lowest BCUT2D eigenvalue weighted by molar-refractivity contribution is -0.127. The highest BCUT2D eigenvalue weighted by Gasteiger charge is 2.67. The van der Waals surface area contributed by atoms with Crippen molar-refractivity contribution in [1.82, 2.24) is 19.7 Å². The molecule has 4 amide bonds. The SMILES string of the molecule is NC(=O)[N+]1(c2ccccc2)CNC(=O)C12CCN(C(=O)c1c[nH]c3ccccc13)CC2. The van der Waals surface area contributed by atoms with Crippen LogP contribution in [0.15, 0.2) is 60.8 Å². The summed E-state index contributed by atoms with van der Waals surface area (Å²) in [6, 6.07) is 16.3. The number of aromatic nitrogens is 1. The number of nitrogens with one attached hydrogen (secondary N) is 2. The van der Waals surface area contributed by atoms with Crippen molar-refractivity contribution >= 4 is 34.4 Å². The molecule has 1 atom stereocenters. The molecular formula is C23H24N5O3+. The molecule has 3 aromatic rings. The molecule has 2 aliphatic heterocycles. The topological polar surface area (TPSA) is 108 Å². The van der Waals surface area contributed by atoms with Gasteiger partial charge >= 0.3 is 6.03 Å². The number of aromatic amines is 1. The van der Waals surface area contributed by atoms with Crippen LogP contribution in [-0.2, 0) is 4.79 Å². The van der Waals surface area contributed by atoms with Crippen molar-refractivity contribution in [3.8, 4) is 0 Å². The molecule has 4 N–H and O–H groups in total. The molecule has 1 aromatic heterocycles. The molecule has 2 aromatic carbocycles. The Morgan fingerprint density at radius 1 is 1.00 bits per heavy atom. The first-order chi connectivity index (χ1) is 15.0. The van der Waals surface area contributed by atoms with Gasteiger partial charge in [-0.25, -0.2) is 4.79 Å². The summed E-state index contributed by atoms with van der Waals surface area (Å²) < 4.78 is -0.262. The minimum atomic E-state index is -1.02. The van der Waals surface area contributed by atoms with Gasteiger partial charge in [-0.05, 0) is 18.2 Å². The molecule has 5 rings (SSSR count). The summed E-state index contributed by atoms with van der Waals surface area (Å²) in [5, 5.41) is 3.74. The zero-order valence-corrected chi connectivity index (χ0v) is 17.0. The Morgan fingerprint density at radius 3 is 2.39 bits per heavy atom. The summed E-state index contributed by atoms with van der Waals surface area (Å²) in [5.41, 5.74) is 7.10. The van der Waals surface area contributed by atoms with Crippen molar-refractivity contribution in [3.63, 3.8) is 0 Å². The molecule has 1 unspecified atom stereocenters. The van der Waals surface area contributed by atoms with Crippen molar-refractivity contribution < 1.29 is 14.4 Å². The van der Waals surface area contributed by atoms with Crippen LogP contribution in [0.4, 0.5) is 10.5 Å². The van der Waals surface area contributed by atoms with E-state index in [2.05, 4.69) is 10.3 Å². The molecule has 0 aliphatic carbocycles. The number of carbonyl (C=O) groups excluding carboxylic acids is 3. The van der Waals surface area contributed by atoms with E-state index in [0.29, 0.717) is 37.2 Å². The zero-order chi connectivity index (χ0) is 21.6. The Kier molecular flexibility index (Phi) is 4.33. The van der Waals surface area contributed by atoms with Crippen LogP contribution in [0.5, 0.6) is 0 Å². The lowest BCUT2D eigenvalue weighted by Crippen LogP contribution is -2.72. The number of para-hydroxylation sites is 2. The largest absolute Gasteiger partial charge is 0.421 e. The third kappa shape index (κ3) is 2.61. The molecule has 3 heterocycles. The third-order valence-electron chi connectivity index (χ3n) is 6.90. The maximum atomic E-state index is 13.2. The lowest BCUT2D eigenvalue weighted by Gasteiger charge is -2.46. The lowest BCUT2D eigenvalue weighted by atomic mass is 9.83. The van der Waals surface area contributed by atoms with E-state index >= 15 is 0 Å². The van der Waals surface area contributed by atoms with Gasteiger partial charge in [0.1, 0.15) is 5.69 Å². The average molecular weight is 418 g/mol. The van der Waals surface area contributed by atoms with Gasteiger partial charge in [-0.15, -0.1) is 0 Å². The fourth-order valence-electron chi connectivity index (χ4n) is 5.22. The van der Waals surface area contributed by atoms with Crippen LogP contribution >= 0.6 is 0 Å². The quantitative estimate of drug-likeness (QED) is 0.556. The molecule has 1 spiro atoms. The Bertz CT molecular complexity index is 1180. The second-order valence-corrected chi connectivity index (χ2v) is 8.22. The highest BCUT2D eigenvalue weighted by Crippen LogP contribution is 2.43. The Hall–Kier alpha value is -3.65. The molecule has 2 aliphatic rings. The van der Waals surface area contributed by atoms with E-state index in [1.54, 1.807) is 11.1 Å². The standard InChI is InChI=1S/C23H23N5O3/c24-22(31)28(16-6-2-1-3-7-16)15-26-21(30)23(28)10-12-27(13-11-23)20(29)18-14-25-19-9-5-4-8-17(18)19/h1-9,14H,10-13,15H2,(H3-,24,25,26,29,30,31)/p+1. The monoisotopic (exact) mass is 418 g/mol. The Labute approximate surface area is 179 Å². The number of hydrogen-bond donors (Lipinski definition) is 3. The number of fused-ring (bicyclic) bond motifs is 1. The second-order valence-electron chi connectivity index (χ2n) is 8.22. The number of urea groups is 1. The number of likely N-dealkylation sites (tertiary alicyclic amines) is 1. The van der Waals surface area contributed by atoms with E-state index in [1.165, 1.54) is 0 Å². The number of nitrogens with two attached hydrogens (primary N) is 1. The molecule has 31 heavy (non-hydrogen) atoms. The maximum Gasteiger partial charge on any atom is 0.421 e. The fourth-order valence-corrected chi connectivity index (χ4v) is 5.22. The number of primary amides is 1. The first-order valence-corrected chi connectivity index (χ1v) is 10.4. The first kappa shape index (κ1) is 19.3. The zero-order valence-electron chi connectivity index (χ0n) is 17.0. The van der Waals surface area contributed by atoms with Crippen LogP contribution in [-0.4, -0.2) is 53.0 Å². The third-order valence-corrected chi connectivity index (χ3v) is 6.90. The fraction of sp³-hybridized carbons (Fsp3) is 0.261. The van der Waals surface area contributed by atoms with Gasteiger partial charge in [0.25, 0.3) is 11.8 Å². The molecule has 2 saturated heterocycles. The number of nitrogens with zero attached hydrogens (tertiary/aromatic N) is 2. The van der Waals surface area contributed by atoms with E-state index < -0.39 is 11.6 Å². The summed E-state index contributed by atoms with van der Waals surface area (Å²) in [4.78, 5) is 44.0. The van der Waals surface area contributed by atoms with Gasteiger partial charge in [-0.1, -0.05) is 36.4 Å². The van der Waals surface area contributed by atoms with Crippen LogP contribution in [0.1, 0.15) is 23.2 Å². The van der Waals surface area contributed by atoms with E-state index in [1.807, 2.05) is 54.6 Å². The molecular weight excluding hydrogens is 394 g/mol. The Morgan fingerprint density at radius 2 is 1.68 bits per heavy atom. The van der Waals surface area contributed by atoms with E-state index in [4.69, 9.17) is 5.73 Å². The van der Waals surface area contributed by atoms with Crippen molar-refractivity contribution in [2.24, 2.45) is 5.73 Å². The van der Waals surface area contributed by atoms with Gasteiger partial charge in [-0.2, -0.15) is 4.48 Å². The van der Waals surface area contributed by atoms with Gasteiger partial charge < -0.3 is 20.9 Å². The van der Waals surface area contributed by atoms with E-state index in [-0.39, 0.29) is 23.0 Å². The van der Waals surface area contributed by atoms with Crippen molar-refractivity contribution in [2.45, 2.75) is 18.4 Å². The first-order valence-electron chi connectivity index (χ1n) is 10.4. The highest BCUT2D eigenvalue weighted by atomic mass is 16.2. The van der Waals surface area contributed by atoms with Gasteiger partial charge in [0.2, 0.25) is 0 Å². The molecule has 158 valence electrons. The van der Waals surface area contributed by atoms with E-state index in [0.717, 1.165) is 10.9 Å². The maximum absolute atomic E-state index is 13.2. The van der Waals surface area contributed by atoms with Crippen LogP contribution in [0.25, 0.3) is 10.9 Å². The van der Waals surface area contributed by atoms with Gasteiger partial charge in [0.15, 0.2) is 12.2 Å². The molecule has 2 fully saturated rings. The summed E-state index contributed by atoms with van der Waals surface area (Å²) in [7, 11) is 0. The summed E-state index contributed by atoms with van der Waals surface area (Å²) in [6.45, 7) is 0.853. The van der Waals surface area contributed by atoms with Crippen LogP contribution < -0.4 is 15.5 Å². The van der Waals surface area contributed by atoms with Crippen LogP contribution in [0.2, 0.25) is 0 Å². The average Bonchev–Trinajstić information content (AvgIpc) is 3.35. The van der Waals surface area contributed by atoms with Crippen molar-refractivity contribution in [1.29, 1.82) is 0 Å². The Balaban J connectivity index is 1.47. The molecule has 0 bridgehead atoms. The van der Waals surface area contributed by atoms with E-state index in [9.17, 15) is 14.4 Å². The number of piperidine rings is 1. The number of rotatable bonds is 2. The van der Waals surface area contributed by atoms with Gasteiger partial charge in [0.05, 0.1) is 5.56 Å². The smallest absolute Gasteiger partial charge is 0.360 e. The molecule has 8 heteroatoms. The number of H-pyrrole nitrogens is 1. The number of amides is 4. The predicted molar refractivity (Wildman–Crippen MR) is 117 cm³/mol. The van der Waals surface area contributed by atoms with Crippen molar-refractivity contribution in [2.75, 3.05) is 19.8 Å². The number of carbonyl (C=O) groups is 3. The van der Waals surface area contributed by atoms with Gasteiger partial charge in [0, 0.05) is 43.0 Å². The summed E-state index contributed by atoms with van der Waals surface area (Å²) >= 11 is 0. The van der Waals surface area contributed by atoms with Gasteiger partial charge in [-0.3, -0.25) is 9.59 Å². The highest BCUT2D eigenvalue weighted by molar-refractivity contribution is 6.07. The predicted octanol–water partition coefficient (Wildman–Crippen LogP) is 2.32. The molecule has 8 nitrogen and oxygen atoms in total. The van der Waals surface area contributed by atoms with Crippen LogP contribution in [0, 0.1) is 0 Å². The number of hydrogen-bond acceptors (Lipinski definition) is 3. The van der Waals surface area contributed by atoms with Crippen molar-refractivity contribution in [3.05, 3.63) is 66.4 Å². The minimum absolute atomic E-state index is 0.0809. The number of quaternary nitrogens is 1.